The number of nitrogens with one attached hydrogen (secondary N) is 1. The first-order valence-electron chi connectivity index (χ1n) is 5.04. The maximum atomic E-state index is 13.3. The molecular formula is C11H13F4NS. The SMILES string of the molecule is CSCCCNc1ccc(C(F)(F)F)cc1F. The molecular weight excluding hydrogens is 254 g/mol. The Labute approximate surface area is 102 Å². The van der Waals surface area contributed by atoms with Crippen molar-refractivity contribution in [3.63, 3.8) is 0 Å². The van der Waals surface area contributed by atoms with Gasteiger partial charge in [-0.1, -0.05) is 0 Å². The maximum absolute atomic E-state index is 13.3. The molecule has 0 bridgehead atoms. The number of halogens is 4. The Kier molecular flexibility index (Phi) is 5.11. The van der Waals surface area contributed by atoms with E-state index in [9.17, 15) is 17.6 Å². The number of thioether (sulfide) groups is 1. The highest BCUT2D eigenvalue weighted by Gasteiger charge is 2.31. The zero-order chi connectivity index (χ0) is 12.9. The molecule has 0 aliphatic carbocycles. The highest BCUT2D eigenvalue weighted by Crippen LogP contribution is 2.31. The van der Waals surface area contributed by atoms with Gasteiger partial charge in [-0.25, -0.2) is 4.39 Å². The van der Waals surface area contributed by atoms with Gasteiger partial charge >= 0.3 is 6.18 Å². The summed E-state index contributed by atoms with van der Waals surface area (Å²) < 4.78 is 50.1. The molecule has 0 aromatic heterocycles. The first kappa shape index (κ1) is 14.2. The van der Waals surface area contributed by atoms with Gasteiger partial charge in [-0.3, -0.25) is 0 Å². The molecule has 0 radical (unpaired) electrons. The van der Waals surface area contributed by atoms with Crippen LogP contribution in [0.3, 0.4) is 0 Å². The van der Waals surface area contributed by atoms with E-state index in [0.717, 1.165) is 24.3 Å². The van der Waals surface area contributed by atoms with E-state index in [2.05, 4.69) is 5.32 Å². The smallest absolute Gasteiger partial charge is 0.383 e. The number of anilines is 1. The fourth-order valence-corrected chi connectivity index (χ4v) is 1.71. The van der Waals surface area contributed by atoms with Gasteiger partial charge in [-0.2, -0.15) is 24.9 Å². The minimum Gasteiger partial charge on any atom is -0.383 e. The third-order valence-corrected chi connectivity index (χ3v) is 2.83. The average molecular weight is 267 g/mol. The molecule has 0 saturated carbocycles. The highest BCUT2D eigenvalue weighted by molar-refractivity contribution is 7.98. The Morgan fingerprint density at radius 2 is 2.00 bits per heavy atom. The summed E-state index contributed by atoms with van der Waals surface area (Å²) in [5.74, 6) is 0.0545. The lowest BCUT2D eigenvalue weighted by molar-refractivity contribution is -0.137. The number of hydrogen-bond donors (Lipinski definition) is 1. The Hall–Kier alpha value is -0.910. The van der Waals surface area contributed by atoms with Gasteiger partial charge in [0.2, 0.25) is 0 Å². The molecule has 1 N–H and O–H groups in total. The van der Waals surface area contributed by atoms with Gasteiger partial charge in [0, 0.05) is 6.54 Å². The minimum absolute atomic E-state index is 0.110. The van der Waals surface area contributed by atoms with Gasteiger partial charge in [0.25, 0.3) is 0 Å². The van der Waals surface area contributed by atoms with Gasteiger partial charge in [0.1, 0.15) is 5.82 Å². The summed E-state index contributed by atoms with van der Waals surface area (Å²) in [5.41, 5.74) is -0.858. The summed E-state index contributed by atoms with van der Waals surface area (Å²) in [4.78, 5) is 0. The van der Waals surface area contributed by atoms with Gasteiger partial charge in [-0.05, 0) is 36.6 Å². The standard InChI is InChI=1S/C11H13F4NS/c1-17-6-2-5-16-10-4-3-8(7-9(10)12)11(13,14)15/h3-4,7,16H,2,5-6H2,1H3. The third kappa shape index (κ3) is 4.46. The normalized spacial score (nSPS) is 11.6. The van der Waals surface area contributed by atoms with E-state index in [-0.39, 0.29) is 5.69 Å². The van der Waals surface area contributed by atoms with Crippen molar-refractivity contribution in [2.75, 3.05) is 23.9 Å². The topological polar surface area (TPSA) is 12.0 Å². The van der Waals surface area contributed by atoms with Gasteiger partial charge in [0.05, 0.1) is 11.3 Å². The summed E-state index contributed by atoms with van der Waals surface area (Å²) in [6.45, 7) is 0.545. The van der Waals surface area contributed by atoms with Crippen LogP contribution in [0.5, 0.6) is 0 Å². The Bertz CT molecular complexity index is 365. The first-order valence-corrected chi connectivity index (χ1v) is 6.44. The van der Waals surface area contributed by atoms with Gasteiger partial charge in [-0.15, -0.1) is 0 Å². The van der Waals surface area contributed by atoms with E-state index in [4.69, 9.17) is 0 Å². The summed E-state index contributed by atoms with van der Waals surface area (Å²) in [6.07, 6.45) is -1.71. The lowest BCUT2D eigenvalue weighted by Crippen LogP contribution is -2.08. The zero-order valence-electron chi connectivity index (χ0n) is 9.27. The molecule has 0 amide bonds. The predicted molar refractivity (Wildman–Crippen MR) is 62.9 cm³/mol. The van der Waals surface area contributed by atoms with Crippen molar-refractivity contribution in [1.29, 1.82) is 0 Å². The average Bonchev–Trinajstić information content (AvgIpc) is 2.24. The molecule has 0 aliphatic rings. The monoisotopic (exact) mass is 267 g/mol. The lowest BCUT2D eigenvalue weighted by atomic mass is 10.2. The Balaban J connectivity index is 2.64. The molecule has 0 aliphatic heterocycles. The molecule has 96 valence electrons. The van der Waals surface area contributed by atoms with Crippen LogP contribution in [0.2, 0.25) is 0 Å². The number of rotatable bonds is 5. The zero-order valence-corrected chi connectivity index (χ0v) is 10.1. The fraction of sp³-hybridized carbons (Fsp3) is 0.455. The van der Waals surface area contributed by atoms with Crippen LogP contribution in [0.25, 0.3) is 0 Å². The predicted octanol–water partition coefficient (Wildman–Crippen LogP) is 4.01. The van der Waals surface area contributed by atoms with Crippen molar-refractivity contribution in [2.45, 2.75) is 12.6 Å². The summed E-state index contributed by atoms with van der Waals surface area (Å²) >= 11 is 1.66. The van der Waals surface area contributed by atoms with Crippen molar-refractivity contribution in [3.05, 3.63) is 29.6 Å². The van der Waals surface area contributed by atoms with E-state index in [1.54, 1.807) is 11.8 Å². The molecule has 0 heterocycles. The third-order valence-electron chi connectivity index (χ3n) is 2.14. The summed E-state index contributed by atoms with van der Waals surface area (Å²) in [6, 6.07) is 2.51. The molecule has 17 heavy (non-hydrogen) atoms. The van der Waals surface area contributed by atoms with Crippen LogP contribution in [0.4, 0.5) is 23.2 Å². The van der Waals surface area contributed by atoms with Gasteiger partial charge in [0.15, 0.2) is 0 Å². The molecule has 1 aromatic carbocycles. The molecule has 0 fully saturated rings. The van der Waals surface area contributed by atoms with E-state index in [0.29, 0.717) is 12.6 Å². The van der Waals surface area contributed by atoms with Crippen LogP contribution >= 0.6 is 11.8 Å². The van der Waals surface area contributed by atoms with Crippen LogP contribution in [-0.4, -0.2) is 18.6 Å². The molecule has 0 unspecified atom stereocenters. The van der Waals surface area contributed by atoms with Crippen LogP contribution in [0, 0.1) is 5.82 Å². The van der Waals surface area contributed by atoms with Crippen molar-refractivity contribution in [2.24, 2.45) is 0 Å². The maximum Gasteiger partial charge on any atom is 0.416 e. The van der Waals surface area contributed by atoms with Crippen molar-refractivity contribution in [1.82, 2.24) is 0 Å². The van der Waals surface area contributed by atoms with Crippen LogP contribution in [0.15, 0.2) is 18.2 Å². The minimum atomic E-state index is -4.50. The van der Waals surface area contributed by atoms with Crippen LogP contribution in [0.1, 0.15) is 12.0 Å². The highest BCUT2D eigenvalue weighted by atomic mass is 32.2. The molecule has 0 atom stereocenters. The fourth-order valence-electron chi connectivity index (χ4n) is 1.27. The second-order valence-corrected chi connectivity index (χ2v) is 4.45. The summed E-state index contributed by atoms with van der Waals surface area (Å²) in [7, 11) is 0. The van der Waals surface area contributed by atoms with Crippen LogP contribution in [-0.2, 0) is 6.18 Å². The second-order valence-electron chi connectivity index (χ2n) is 3.47. The van der Waals surface area contributed by atoms with E-state index >= 15 is 0 Å². The van der Waals surface area contributed by atoms with Crippen molar-refractivity contribution in [3.8, 4) is 0 Å². The Morgan fingerprint density at radius 3 is 2.53 bits per heavy atom. The molecule has 1 nitrogen and oxygen atoms in total. The van der Waals surface area contributed by atoms with Crippen molar-refractivity contribution < 1.29 is 17.6 Å². The molecule has 1 aromatic rings. The number of benzene rings is 1. The Morgan fingerprint density at radius 1 is 1.29 bits per heavy atom. The first-order chi connectivity index (χ1) is 7.95. The molecule has 6 heteroatoms. The molecule has 0 spiro atoms. The van der Waals surface area contributed by atoms with E-state index < -0.39 is 17.6 Å². The van der Waals surface area contributed by atoms with Crippen LogP contribution < -0.4 is 5.32 Å². The lowest BCUT2D eigenvalue weighted by Gasteiger charge is -2.10. The second kappa shape index (κ2) is 6.14. The van der Waals surface area contributed by atoms with E-state index in [1.165, 1.54) is 0 Å². The van der Waals surface area contributed by atoms with Gasteiger partial charge < -0.3 is 5.32 Å². The molecule has 0 saturated heterocycles. The number of hydrogen-bond acceptors (Lipinski definition) is 2. The van der Waals surface area contributed by atoms with E-state index in [1.807, 2.05) is 6.26 Å². The quantitative estimate of drug-likeness (QED) is 0.639. The van der Waals surface area contributed by atoms with Crippen molar-refractivity contribution >= 4 is 17.4 Å². The largest absolute Gasteiger partial charge is 0.416 e. The summed E-state index contributed by atoms with van der Waals surface area (Å²) in [5, 5.41) is 2.77. The molecule has 1 rings (SSSR count). The number of alkyl halides is 3.